The Balaban J connectivity index is 0.00000242. The summed E-state index contributed by atoms with van der Waals surface area (Å²) in [4.78, 5) is 35.9. The van der Waals surface area contributed by atoms with E-state index in [-0.39, 0.29) is 86.7 Å². The summed E-state index contributed by atoms with van der Waals surface area (Å²) < 4.78 is 0. The van der Waals surface area contributed by atoms with E-state index in [4.69, 9.17) is 22.0 Å². The summed E-state index contributed by atoms with van der Waals surface area (Å²) in [5.74, 6) is -1.54. The number of thioether (sulfide) groups is 2. The zero-order valence-electron chi connectivity index (χ0n) is 12.5. The Hall–Kier alpha value is 0.266. The Morgan fingerprint density at radius 2 is 2.32 bits per heavy atom. The van der Waals surface area contributed by atoms with Gasteiger partial charge in [0.15, 0.2) is 0 Å². The monoisotopic (exact) mass is 387 g/mol. The average Bonchev–Trinajstić information content (AvgIpc) is 2.44. The van der Waals surface area contributed by atoms with Crippen molar-refractivity contribution >= 4 is 52.9 Å². The van der Waals surface area contributed by atoms with Crippen LogP contribution < -0.4 is 56.7 Å². The molecule has 2 amide bonds. The topological polar surface area (TPSA) is 111 Å². The second-order valence-corrected chi connectivity index (χ2v) is 6.71. The molecule has 1 saturated heterocycles. The maximum atomic E-state index is 12.0. The Labute approximate surface area is 184 Å². The summed E-state index contributed by atoms with van der Waals surface area (Å²) in [5.41, 5.74) is -0.213. The number of carbonyl (C=O) groups is 3. The fourth-order valence-electron chi connectivity index (χ4n) is 1.99. The average molecular weight is 388 g/mol. The maximum absolute atomic E-state index is 12.0. The van der Waals surface area contributed by atoms with Gasteiger partial charge >= 0.3 is 57.4 Å². The molecule has 2 N–H and O–H groups in total. The van der Waals surface area contributed by atoms with Crippen LogP contribution in [0.3, 0.4) is 0 Å². The van der Waals surface area contributed by atoms with Gasteiger partial charge in [0.25, 0.3) is 5.91 Å². The van der Waals surface area contributed by atoms with Crippen molar-refractivity contribution in [3.8, 4) is 6.07 Å². The number of nitrogens with zero attached hydrogens (tertiary/aromatic N) is 2. The first-order valence-electron chi connectivity index (χ1n) is 5.78. The summed E-state index contributed by atoms with van der Waals surface area (Å²) >= 11 is 8.29. The van der Waals surface area contributed by atoms with Gasteiger partial charge in [0.1, 0.15) is 17.1 Å². The van der Waals surface area contributed by atoms with Gasteiger partial charge in [0.05, 0.1) is 22.6 Å². The summed E-state index contributed by atoms with van der Waals surface area (Å²) in [6, 6.07) is 1.15. The van der Waals surface area contributed by atoms with Crippen molar-refractivity contribution < 1.29 is 72.3 Å². The van der Waals surface area contributed by atoms with Crippen LogP contribution in [0.15, 0.2) is 10.7 Å². The van der Waals surface area contributed by atoms with Gasteiger partial charge in [-0.3, -0.25) is 14.5 Å². The quantitative estimate of drug-likeness (QED) is 0.300. The van der Waals surface area contributed by atoms with Crippen molar-refractivity contribution in [1.82, 2.24) is 10.2 Å². The minimum Gasteiger partial charge on any atom is -1.00 e. The summed E-state index contributed by atoms with van der Waals surface area (Å²) in [6.45, 7) is 0. The molecule has 2 aliphatic heterocycles. The number of hydrogen-bond acceptors (Lipinski definition) is 6. The van der Waals surface area contributed by atoms with Crippen molar-refractivity contribution in [2.45, 2.75) is 11.4 Å². The molecule has 22 heavy (non-hydrogen) atoms. The van der Waals surface area contributed by atoms with E-state index >= 15 is 0 Å². The van der Waals surface area contributed by atoms with Gasteiger partial charge in [-0.25, -0.2) is 4.79 Å². The van der Waals surface area contributed by atoms with Crippen molar-refractivity contribution in [2.75, 3.05) is 17.3 Å². The summed E-state index contributed by atoms with van der Waals surface area (Å²) in [7, 11) is 0. The number of β-lactam (4-membered cyclic amide) rings is 1. The van der Waals surface area contributed by atoms with Crippen molar-refractivity contribution in [2.24, 2.45) is 0 Å². The molecule has 1 fully saturated rings. The molecule has 114 valence electrons. The molecule has 0 bridgehead atoms. The largest absolute Gasteiger partial charge is 1.00 e. The third-order valence-corrected chi connectivity index (χ3v) is 5.39. The fraction of sp³-hybridized carbons (Fsp3) is 0.455. The molecule has 7 nitrogen and oxygen atoms in total. The number of carboxylic acid groups (broad SMARTS) is 1. The number of rotatable bonds is 5. The van der Waals surface area contributed by atoms with Crippen LogP contribution in [0.4, 0.5) is 0 Å². The second-order valence-electron chi connectivity index (χ2n) is 4.16. The van der Waals surface area contributed by atoms with Crippen LogP contribution in [0.25, 0.3) is 0 Å². The number of hydrogen-bond donors (Lipinski definition) is 2. The molecule has 0 saturated carbocycles. The fourth-order valence-corrected chi connectivity index (χ4v) is 4.00. The van der Waals surface area contributed by atoms with E-state index in [0.29, 0.717) is 0 Å². The van der Waals surface area contributed by atoms with Gasteiger partial charge in [-0.1, -0.05) is 11.6 Å². The minimum absolute atomic E-state index is 0. The molecule has 0 aliphatic carbocycles. The van der Waals surface area contributed by atoms with Crippen LogP contribution in [0, 0.1) is 11.3 Å². The van der Waals surface area contributed by atoms with E-state index in [2.05, 4.69) is 5.32 Å². The minimum atomic E-state index is -1.26. The molecule has 1 unspecified atom stereocenters. The zero-order chi connectivity index (χ0) is 15.6. The standard InChI is InChI=1S/C11H10ClN3O4S2.K.H/c12-5-3-21-10-7(14-6(16)4-20-2-1-13)9(17)15(10)8(5)11(18)19;;/h7,10H,2-4H2,(H,14,16)(H,18,19);;/q;+1;-1/t7?,10-;;/m1../s1. The number of nitriles is 1. The molecule has 2 heterocycles. The van der Waals surface area contributed by atoms with E-state index in [1.54, 1.807) is 0 Å². The molecule has 11 heteroatoms. The van der Waals surface area contributed by atoms with Crippen LogP contribution in [-0.4, -0.2) is 56.5 Å². The molecular formula is C11H11ClKN3O4S2. The van der Waals surface area contributed by atoms with Crippen LogP contribution in [0.5, 0.6) is 0 Å². The first-order chi connectivity index (χ1) is 9.97. The molecule has 0 radical (unpaired) electrons. The number of nitrogens with one attached hydrogen (secondary N) is 1. The van der Waals surface area contributed by atoms with Gasteiger partial charge < -0.3 is 11.8 Å². The first-order valence-corrected chi connectivity index (χ1v) is 8.36. The van der Waals surface area contributed by atoms with Crippen LogP contribution in [0.2, 0.25) is 0 Å². The molecule has 2 aliphatic rings. The van der Waals surface area contributed by atoms with Crippen LogP contribution in [0.1, 0.15) is 1.43 Å². The van der Waals surface area contributed by atoms with E-state index in [1.165, 1.54) is 11.8 Å². The molecular weight excluding hydrogens is 377 g/mol. The van der Waals surface area contributed by atoms with Gasteiger partial charge in [-0.05, 0) is 0 Å². The van der Waals surface area contributed by atoms with Crippen LogP contribution >= 0.6 is 35.1 Å². The number of carboxylic acids is 1. The van der Waals surface area contributed by atoms with Gasteiger partial charge in [0.2, 0.25) is 5.91 Å². The van der Waals surface area contributed by atoms with Crippen molar-refractivity contribution in [3.63, 3.8) is 0 Å². The number of amides is 2. The number of halogens is 1. The Kier molecular flexibility index (Phi) is 8.25. The van der Waals surface area contributed by atoms with Crippen LogP contribution in [-0.2, 0) is 14.4 Å². The number of carbonyl (C=O) groups excluding carboxylic acids is 2. The van der Waals surface area contributed by atoms with Gasteiger partial charge in [0, 0.05) is 5.75 Å². The third kappa shape index (κ3) is 4.21. The van der Waals surface area contributed by atoms with Crippen molar-refractivity contribution in [3.05, 3.63) is 10.7 Å². The second kappa shape index (κ2) is 8.93. The molecule has 2 rings (SSSR count). The third-order valence-electron chi connectivity index (χ3n) is 2.84. The summed E-state index contributed by atoms with van der Waals surface area (Å²) in [6.07, 6.45) is 0. The van der Waals surface area contributed by atoms with E-state index < -0.39 is 23.3 Å². The molecule has 0 aromatic rings. The Bertz CT molecular complexity index is 586. The normalized spacial score (nSPS) is 22.9. The zero-order valence-corrected chi connectivity index (χ0v) is 17.0. The van der Waals surface area contributed by atoms with Gasteiger partial charge in [-0.2, -0.15) is 5.26 Å². The van der Waals surface area contributed by atoms with E-state index in [0.717, 1.165) is 16.7 Å². The first kappa shape index (κ1) is 20.3. The smallest absolute Gasteiger partial charge is 1.00 e. The predicted octanol–water partition coefficient (Wildman–Crippen LogP) is -2.71. The van der Waals surface area contributed by atoms with Gasteiger partial charge in [-0.15, -0.1) is 23.5 Å². The maximum Gasteiger partial charge on any atom is 1.00 e. The van der Waals surface area contributed by atoms with E-state index in [9.17, 15) is 14.4 Å². The molecule has 0 aromatic carbocycles. The van der Waals surface area contributed by atoms with Crippen molar-refractivity contribution in [1.29, 1.82) is 5.26 Å². The SMILES string of the molecule is N#CCSCC(=O)NC1C(=O)N2C(C(=O)O)=C(Cl)CS[C@H]12.[H-].[K+]. The predicted molar refractivity (Wildman–Crippen MR) is 79.6 cm³/mol. The molecule has 0 aromatic heterocycles. The summed E-state index contributed by atoms with van der Waals surface area (Å²) in [5, 5.41) is 19.7. The number of fused-ring (bicyclic) bond motifs is 1. The number of aliphatic carboxylic acids is 1. The molecule has 0 spiro atoms. The molecule has 2 atom stereocenters. The Morgan fingerprint density at radius 3 is 2.91 bits per heavy atom. The Morgan fingerprint density at radius 1 is 1.64 bits per heavy atom. The van der Waals surface area contributed by atoms with E-state index in [1.807, 2.05) is 6.07 Å².